The Bertz CT molecular complexity index is 1510. The standard InChI is InChI=1S/C27H23N7/c28-15-16-6-8-17(9-7-16)19-10-11-22-23(12-19)33-25(32-22)14-20(18-4-2-1-3-5-18)21-13-24(29)34-27(31)26(21)30/h1-13,20H,14,30H2,(H,32,33)(H4,29,31,34)/t20-/m1/s1. The minimum absolute atomic E-state index is 0.104. The zero-order valence-electron chi connectivity index (χ0n) is 18.4. The molecule has 0 saturated heterocycles. The van der Waals surface area contributed by atoms with Crippen molar-refractivity contribution in [1.82, 2.24) is 15.0 Å². The summed E-state index contributed by atoms with van der Waals surface area (Å²) in [5, 5.41) is 9.04. The Kier molecular flexibility index (Phi) is 5.32. The van der Waals surface area contributed by atoms with Crippen LogP contribution in [0.4, 0.5) is 17.3 Å². The van der Waals surface area contributed by atoms with E-state index in [1.54, 1.807) is 6.07 Å². The smallest absolute Gasteiger partial charge is 0.149 e. The zero-order valence-corrected chi connectivity index (χ0v) is 18.4. The van der Waals surface area contributed by atoms with Crippen molar-refractivity contribution in [3.8, 4) is 17.2 Å². The van der Waals surface area contributed by atoms with Crippen molar-refractivity contribution in [3.63, 3.8) is 0 Å². The number of rotatable bonds is 5. The van der Waals surface area contributed by atoms with E-state index in [0.717, 1.165) is 39.1 Å². The van der Waals surface area contributed by atoms with E-state index in [-0.39, 0.29) is 11.7 Å². The molecule has 0 amide bonds. The molecule has 0 fully saturated rings. The minimum atomic E-state index is -0.104. The molecular weight excluding hydrogens is 422 g/mol. The van der Waals surface area contributed by atoms with Crippen molar-refractivity contribution < 1.29 is 0 Å². The van der Waals surface area contributed by atoms with E-state index in [4.69, 9.17) is 27.4 Å². The normalized spacial score (nSPS) is 11.9. The Labute approximate surface area is 196 Å². The monoisotopic (exact) mass is 445 g/mol. The van der Waals surface area contributed by atoms with Crippen LogP contribution in [0.2, 0.25) is 0 Å². The van der Waals surface area contributed by atoms with Gasteiger partial charge in [-0.25, -0.2) is 9.97 Å². The molecule has 7 nitrogen and oxygen atoms in total. The van der Waals surface area contributed by atoms with E-state index in [1.165, 1.54) is 0 Å². The SMILES string of the molecule is N#Cc1ccc(-c2ccc3nc(C[C@H](c4ccccc4)c4cc(N)nc(N)c4N)[nH]c3c2)cc1. The third-order valence-corrected chi connectivity index (χ3v) is 5.99. The molecule has 1 atom stereocenters. The summed E-state index contributed by atoms with van der Waals surface area (Å²) in [4.78, 5) is 12.4. The maximum Gasteiger partial charge on any atom is 0.149 e. The molecule has 3 aromatic carbocycles. The number of fused-ring (bicyclic) bond motifs is 1. The molecule has 0 saturated carbocycles. The van der Waals surface area contributed by atoms with Crippen LogP contribution in [0.5, 0.6) is 0 Å². The molecule has 34 heavy (non-hydrogen) atoms. The number of H-pyrrole nitrogens is 1. The van der Waals surface area contributed by atoms with Gasteiger partial charge in [-0.3, -0.25) is 0 Å². The largest absolute Gasteiger partial charge is 0.396 e. The van der Waals surface area contributed by atoms with E-state index in [1.807, 2.05) is 54.6 Å². The Morgan fingerprint density at radius 3 is 2.32 bits per heavy atom. The van der Waals surface area contributed by atoms with E-state index in [2.05, 4.69) is 34.2 Å². The zero-order chi connectivity index (χ0) is 23.7. The van der Waals surface area contributed by atoms with Gasteiger partial charge in [-0.15, -0.1) is 0 Å². The summed E-state index contributed by atoms with van der Waals surface area (Å²) in [7, 11) is 0. The number of aromatic amines is 1. The van der Waals surface area contributed by atoms with Crippen molar-refractivity contribution in [2.45, 2.75) is 12.3 Å². The number of nitriles is 1. The number of aromatic nitrogens is 3. The van der Waals surface area contributed by atoms with Gasteiger partial charge in [0.1, 0.15) is 17.5 Å². The molecule has 2 heterocycles. The van der Waals surface area contributed by atoms with Crippen molar-refractivity contribution in [3.05, 3.63) is 101 Å². The van der Waals surface area contributed by atoms with E-state index in [0.29, 0.717) is 23.5 Å². The van der Waals surface area contributed by atoms with Crippen LogP contribution >= 0.6 is 0 Å². The fourth-order valence-electron chi connectivity index (χ4n) is 4.27. The summed E-state index contributed by atoms with van der Waals surface area (Å²) in [6, 6.07) is 27.7. The highest BCUT2D eigenvalue weighted by Gasteiger charge is 2.21. The highest BCUT2D eigenvalue weighted by molar-refractivity contribution is 5.82. The van der Waals surface area contributed by atoms with Crippen molar-refractivity contribution in [1.29, 1.82) is 5.26 Å². The fraction of sp³-hybridized carbons (Fsp3) is 0.0741. The van der Waals surface area contributed by atoms with E-state index >= 15 is 0 Å². The second-order valence-corrected chi connectivity index (χ2v) is 8.21. The Balaban J connectivity index is 1.53. The van der Waals surface area contributed by atoms with E-state index in [9.17, 15) is 0 Å². The lowest BCUT2D eigenvalue weighted by Crippen LogP contribution is -2.12. The summed E-state index contributed by atoms with van der Waals surface area (Å²) in [6.07, 6.45) is 0.581. The summed E-state index contributed by atoms with van der Waals surface area (Å²) < 4.78 is 0. The van der Waals surface area contributed by atoms with Crippen molar-refractivity contribution in [2.24, 2.45) is 0 Å². The molecule has 0 aliphatic rings. The van der Waals surface area contributed by atoms with Gasteiger partial charge in [-0.05, 0) is 52.6 Å². The van der Waals surface area contributed by atoms with Gasteiger partial charge < -0.3 is 22.2 Å². The molecule has 7 N–H and O–H groups in total. The first-order valence-electron chi connectivity index (χ1n) is 10.9. The number of nitrogens with one attached hydrogen (secondary N) is 1. The number of imidazole rings is 1. The van der Waals surface area contributed by atoms with Crippen LogP contribution in [0.25, 0.3) is 22.2 Å². The second-order valence-electron chi connectivity index (χ2n) is 8.21. The molecule has 7 heteroatoms. The first-order valence-corrected chi connectivity index (χ1v) is 10.9. The molecule has 0 unspecified atom stereocenters. The molecule has 0 bridgehead atoms. The van der Waals surface area contributed by atoms with Crippen LogP contribution in [-0.2, 0) is 6.42 Å². The fourth-order valence-corrected chi connectivity index (χ4v) is 4.27. The number of benzene rings is 3. The maximum absolute atomic E-state index is 9.04. The number of nitrogen functional groups attached to an aromatic ring is 3. The molecule has 5 rings (SSSR count). The number of anilines is 3. The van der Waals surface area contributed by atoms with Gasteiger partial charge in [-0.1, -0.05) is 48.5 Å². The average Bonchev–Trinajstić information content (AvgIpc) is 3.27. The van der Waals surface area contributed by atoms with Crippen molar-refractivity contribution in [2.75, 3.05) is 17.2 Å². The van der Waals surface area contributed by atoms with Gasteiger partial charge >= 0.3 is 0 Å². The molecule has 0 aliphatic carbocycles. The molecule has 166 valence electrons. The Hall–Kier alpha value is -4.83. The molecular formula is C27H23N7. The predicted octanol–water partition coefficient (Wildman–Crippen LogP) is 4.62. The minimum Gasteiger partial charge on any atom is -0.396 e. The number of nitrogens with two attached hydrogens (primary N) is 3. The summed E-state index contributed by atoms with van der Waals surface area (Å²) in [5.41, 5.74) is 25.2. The van der Waals surface area contributed by atoms with Gasteiger partial charge in [0.15, 0.2) is 0 Å². The molecule has 5 aromatic rings. The highest BCUT2D eigenvalue weighted by Crippen LogP contribution is 2.35. The number of nitrogens with zero attached hydrogens (tertiary/aromatic N) is 3. The first-order chi connectivity index (χ1) is 16.5. The maximum atomic E-state index is 9.04. The van der Waals surface area contributed by atoms with Crippen molar-refractivity contribution >= 4 is 28.4 Å². The molecule has 0 spiro atoms. The summed E-state index contributed by atoms with van der Waals surface area (Å²) in [6.45, 7) is 0. The third kappa shape index (κ3) is 4.00. The summed E-state index contributed by atoms with van der Waals surface area (Å²) >= 11 is 0. The lowest BCUT2D eigenvalue weighted by molar-refractivity contribution is 0.770. The van der Waals surface area contributed by atoms with Gasteiger partial charge in [0.2, 0.25) is 0 Å². The number of pyridine rings is 1. The van der Waals surface area contributed by atoms with Gasteiger partial charge in [-0.2, -0.15) is 5.26 Å². The predicted molar refractivity (Wildman–Crippen MR) is 136 cm³/mol. The van der Waals surface area contributed by atoms with Gasteiger partial charge in [0, 0.05) is 12.3 Å². The topological polar surface area (TPSA) is 143 Å². The van der Waals surface area contributed by atoms with Crippen LogP contribution in [-0.4, -0.2) is 15.0 Å². The summed E-state index contributed by atoms with van der Waals surface area (Å²) in [5.74, 6) is 1.29. The molecule has 0 aliphatic heterocycles. The first kappa shape index (κ1) is 21.0. The van der Waals surface area contributed by atoms with Gasteiger partial charge in [0.25, 0.3) is 0 Å². The Morgan fingerprint density at radius 1 is 0.853 bits per heavy atom. The Morgan fingerprint density at radius 2 is 1.59 bits per heavy atom. The quantitative estimate of drug-likeness (QED) is 0.311. The lowest BCUT2D eigenvalue weighted by Gasteiger charge is -2.20. The average molecular weight is 446 g/mol. The molecule has 0 radical (unpaired) electrons. The number of hydrogen-bond donors (Lipinski definition) is 4. The van der Waals surface area contributed by atoms with Crippen LogP contribution in [0, 0.1) is 11.3 Å². The third-order valence-electron chi connectivity index (χ3n) is 5.99. The van der Waals surface area contributed by atoms with Gasteiger partial charge in [0.05, 0.1) is 28.4 Å². The van der Waals surface area contributed by atoms with Crippen LogP contribution < -0.4 is 17.2 Å². The lowest BCUT2D eigenvalue weighted by atomic mass is 9.87. The van der Waals surface area contributed by atoms with Crippen LogP contribution in [0.3, 0.4) is 0 Å². The van der Waals surface area contributed by atoms with Crippen LogP contribution in [0.1, 0.15) is 28.4 Å². The van der Waals surface area contributed by atoms with Crippen LogP contribution in [0.15, 0.2) is 78.9 Å². The van der Waals surface area contributed by atoms with E-state index < -0.39 is 0 Å². The number of hydrogen-bond acceptors (Lipinski definition) is 6. The highest BCUT2D eigenvalue weighted by atomic mass is 14.9. The molecule has 2 aromatic heterocycles. The second kappa shape index (κ2) is 8.60.